The van der Waals surface area contributed by atoms with Crippen molar-refractivity contribution in [1.29, 1.82) is 0 Å². The van der Waals surface area contributed by atoms with E-state index in [2.05, 4.69) is 20.2 Å². The predicted molar refractivity (Wildman–Crippen MR) is 107 cm³/mol. The molecule has 1 amide bonds. The molecule has 3 heterocycles. The molecule has 27 heavy (non-hydrogen) atoms. The maximum atomic E-state index is 12.3. The topological polar surface area (TPSA) is 71.0 Å². The van der Waals surface area contributed by atoms with E-state index in [9.17, 15) is 4.79 Å². The molecule has 1 fully saturated rings. The van der Waals surface area contributed by atoms with Crippen LogP contribution in [-0.4, -0.2) is 33.9 Å². The van der Waals surface area contributed by atoms with Gasteiger partial charge in [-0.3, -0.25) is 9.78 Å². The van der Waals surface area contributed by atoms with E-state index in [0.717, 1.165) is 35.9 Å². The summed E-state index contributed by atoms with van der Waals surface area (Å²) in [6, 6.07) is 3.59. The molecule has 0 spiro atoms. The maximum Gasteiger partial charge on any atom is 0.225 e. The van der Waals surface area contributed by atoms with Crippen molar-refractivity contribution in [3.05, 3.63) is 47.5 Å². The van der Waals surface area contributed by atoms with Crippen molar-refractivity contribution in [1.82, 2.24) is 20.3 Å². The van der Waals surface area contributed by atoms with Crippen molar-refractivity contribution in [2.45, 2.75) is 58.4 Å². The molecule has 0 unspecified atom stereocenters. The van der Waals surface area contributed by atoms with Crippen LogP contribution in [0.2, 0.25) is 0 Å². The Bertz CT molecular complexity index is 741. The van der Waals surface area contributed by atoms with Gasteiger partial charge < -0.3 is 10.2 Å². The number of carbonyl (C=O) groups excluding carboxylic acids is 1. The Morgan fingerprint density at radius 2 is 1.81 bits per heavy atom. The second kappa shape index (κ2) is 9.44. The van der Waals surface area contributed by atoms with Gasteiger partial charge in [0.1, 0.15) is 0 Å². The number of anilines is 1. The Morgan fingerprint density at radius 3 is 2.48 bits per heavy atom. The van der Waals surface area contributed by atoms with Crippen molar-refractivity contribution in [3.8, 4) is 0 Å². The van der Waals surface area contributed by atoms with Crippen LogP contribution >= 0.6 is 0 Å². The number of aromatic nitrogens is 3. The number of aryl methyl sites for hydroxylation is 1. The highest BCUT2D eigenvalue weighted by Crippen LogP contribution is 2.20. The van der Waals surface area contributed by atoms with E-state index in [1.165, 1.54) is 32.1 Å². The Kier molecular flexibility index (Phi) is 6.74. The van der Waals surface area contributed by atoms with Crippen LogP contribution in [0.4, 0.5) is 5.95 Å². The number of nitrogens with zero attached hydrogens (tertiary/aromatic N) is 4. The summed E-state index contributed by atoms with van der Waals surface area (Å²) < 4.78 is 0. The Hall–Kier alpha value is -2.50. The van der Waals surface area contributed by atoms with Gasteiger partial charge >= 0.3 is 0 Å². The Labute approximate surface area is 161 Å². The van der Waals surface area contributed by atoms with E-state index >= 15 is 0 Å². The number of hydrogen-bond acceptors (Lipinski definition) is 5. The first-order valence-corrected chi connectivity index (χ1v) is 9.90. The molecule has 0 radical (unpaired) electrons. The molecular formula is C21H29N5O. The van der Waals surface area contributed by atoms with Crippen molar-refractivity contribution in [3.63, 3.8) is 0 Å². The normalized spacial score (nSPS) is 16.3. The van der Waals surface area contributed by atoms with Crippen LogP contribution in [0, 0.1) is 6.92 Å². The summed E-state index contributed by atoms with van der Waals surface area (Å²) >= 11 is 0. The van der Waals surface area contributed by atoms with Gasteiger partial charge in [-0.15, -0.1) is 0 Å². The van der Waals surface area contributed by atoms with E-state index in [4.69, 9.17) is 4.98 Å². The Balaban J connectivity index is 1.63. The molecule has 6 nitrogen and oxygen atoms in total. The van der Waals surface area contributed by atoms with Gasteiger partial charge in [0, 0.05) is 42.9 Å². The van der Waals surface area contributed by atoms with E-state index in [1.54, 1.807) is 12.4 Å². The maximum absolute atomic E-state index is 12.3. The third-order valence-corrected chi connectivity index (χ3v) is 5.10. The van der Waals surface area contributed by atoms with Crippen LogP contribution in [0.3, 0.4) is 0 Å². The second-order valence-corrected chi connectivity index (χ2v) is 7.29. The van der Waals surface area contributed by atoms with Crippen LogP contribution in [0.15, 0.2) is 30.7 Å². The molecule has 1 aliphatic rings. The molecule has 3 rings (SSSR count). The van der Waals surface area contributed by atoms with Gasteiger partial charge in [0.25, 0.3) is 0 Å². The zero-order valence-electron chi connectivity index (χ0n) is 16.3. The highest BCUT2D eigenvalue weighted by Gasteiger charge is 2.17. The number of hydrogen-bond donors (Lipinski definition) is 1. The van der Waals surface area contributed by atoms with Crippen LogP contribution in [0.25, 0.3) is 0 Å². The average molecular weight is 367 g/mol. The minimum atomic E-state index is -0.124. The van der Waals surface area contributed by atoms with Crippen LogP contribution in [0.1, 0.15) is 61.9 Å². The molecule has 0 bridgehead atoms. The van der Waals surface area contributed by atoms with Crippen molar-refractivity contribution in [2.24, 2.45) is 0 Å². The third-order valence-electron chi connectivity index (χ3n) is 5.10. The fourth-order valence-corrected chi connectivity index (χ4v) is 3.55. The molecule has 144 valence electrons. The molecule has 6 heteroatoms. The van der Waals surface area contributed by atoms with Crippen LogP contribution < -0.4 is 10.2 Å². The molecule has 0 aliphatic carbocycles. The first-order chi connectivity index (χ1) is 13.1. The first kappa shape index (κ1) is 19.3. The summed E-state index contributed by atoms with van der Waals surface area (Å²) in [6.07, 6.45) is 11.9. The van der Waals surface area contributed by atoms with Gasteiger partial charge in [-0.1, -0.05) is 19.3 Å². The number of carbonyl (C=O) groups is 1. The third kappa shape index (κ3) is 5.49. The number of amides is 1. The summed E-state index contributed by atoms with van der Waals surface area (Å²) in [6.45, 7) is 6.02. The molecule has 2 aromatic heterocycles. The minimum absolute atomic E-state index is 0.0130. The smallest absolute Gasteiger partial charge is 0.225 e. The quantitative estimate of drug-likeness (QED) is 0.877. The van der Waals surface area contributed by atoms with Gasteiger partial charge in [-0.05, 0) is 44.4 Å². The lowest BCUT2D eigenvalue weighted by Crippen LogP contribution is -2.31. The van der Waals surface area contributed by atoms with Crippen molar-refractivity contribution < 1.29 is 4.79 Å². The molecule has 0 saturated carbocycles. The summed E-state index contributed by atoms with van der Waals surface area (Å²) in [5.74, 6) is 0.800. The highest BCUT2D eigenvalue weighted by molar-refractivity contribution is 5.78. The average Bonchev–Trinajstić information content (AvgIpc) is 2.62. The van der Waals surface area contributed by atoms with Crippen LogP contribution in [0.5, 0.6) is 0 Å². The SMILES string of the molecule is Cc1nc(N2CCCCCCC2)ncc1[C@@H](C)NC(=O)Cc1ccncc1. The van der Waals surface area contributed by atoms with Gasteiger partial charge in [0.15, 0.2) is 0 Å². The second-order valence-electron chi connectivity index (χ2n) is 7.29. The molecule has 0 aromatic carbocycles. The lowest BCUT2D eigenvalue weighted by atomic mass is 10.1. The number of pyridine rings is 1. The van der Waals surface area contributed by atoms with Crippen molar-refractivity contribution in [2.75, 3.05) is 18.0 Å². The number of nitrogens with one attached hydrogen (secondary N) is 1. The van der Waals surface area contributed by atoms with Gasteiger partial charge in [-0.2, -0.15) is 0 Å². The largest absolute Gasteiger partial charge is 0.349 e. The fraction of sp³-hybridized carbons (Fsp3) is 0.524. The van der Waals surface area contributed by atoms with Crippen LogP contribution in [-0.2, 0) is 11.2 Å². The lowest BCUT2D eigenvalue weighted by Gasteiger charge is -2.25. The number of rotatable bonds is 5. The van der Waals surface area contributed by atoms with Gasteiger partial charge in [0.2, 0.25) is 11.9 Å². The van der Waals surface area contributed by atoms with Crippen molar-refractivity contribution >= 4 is 11.9 Å². The predicted octanol–water partition coefficient (Wildman–Crippen LogP) is 3.37. The molecule has 1 N–H and O–H groups in total. The first-order valence-electron chi connectivity index (χ1n) is 9.90. The summed E-state index contributed by atoms with van der Waals surface area (Å²) in [4.78, 5) is 27.9. The molecule has 2 aromatic rings. The monoisotopic (exact) mass is 367 g/mol. The Morgan fingerprint density at radius 1 is 1.15 bits per heavy atom. The van der Waals surface area contributed by atoms with Gasteiger partial charge in [0.05, 0.1) is 12.5 Å². The summed E-state index contributed by atoms with van der Waals surface area (Å²) in [7, 11) is 0. The standard InChI is InChI=1S/C21H29N5O/c1-16(24-20(27)14-18-8-10-22-11-9-18)19-15-23-21(25-17(19)2)26-12-6-4-3-5-7-13-26/h8-11,15-16H,3-7,12-14H2,1-2H3,(H,24,27)/t16-/m1/s1. The molecule has 1 atom stereocenters. The molecule has 1 saturated heterocycles. The van der Waals surface area contributed by atoms with E-state index in [-0.39, 0.29) is 11.9 Å². The lowest BCUT2D eigenvalue weighted by molar-refractivity contribution is -0.121. The van der Waals surface area contributed by atoms with Gasteiger partial charge in [-0.25, -0.2) is 9.97 Å². The van der Waals surface area contributed by atoms with E-state index in [1.807, 2.05) is 32.2 Å². The summed E-state index contributed by atoms with van der Waals surface area (Å²) in [5, 5.41) is 3.05. The van der Waals surface area contributed by atoms with E-state index in [0.29, 0.717) is 6.42 Å². The highest BCUT2D eigenvalue weighted by atomic mass is 16.1. The molecular weight excluding hydrogens is 338 g/mol. The zero-order valence-corrected chi connectivity index (χ0v) is 16.3. The molecule has 1 aliphatic heterocycles. The minimum Gasteiger partial charge on any atom is -0.349 e. The van der Waals surface area contributed by atoms with E-state index < -0.39 is 0 Å². The fourth-order valence-electron chi connectivity index (χ4n) is 3.55. The summed E-state index contributed by atoms with van der Waals surface area (Å²) in [5.41, 5.74) is 2.85. The zero-order chi connectivity index (χ0) is 19.1.